The zero-order chi connectivity index (χ0) is 13.9. The monoisotopic (exact) mass is 261 g/mol. The lowest BCUT2D eigenvalue weighted by Crippen LogP contribution is -2.29. The van der Waals surface area contributed by atoms with Crippen molar-refractivity contribution in [1.82, 2.24) is 5.32 Å². The fraction of sp³-hybridized carbons (Fsp3) is 0.333. The number of carbonyl (C=O) groups excluding carboxylic acids is 2. The van der Waals surface area contributed by atoms with Crippen molar-refractivity contribution in [3.8, 4) is 0 Å². The highest BCUT2D eigenvalue weighted by Crippen LogP contribution is 2.00. The van der Waals surface area contributed by atoms with Crippen LogP contribution in [0.3, 0.4) is 0 Å². The Morgan fingerprint density at radius 1 is 1.26 bits per heavy atom. The molecule has 0 unspecified atom stereocenters. The van der Waals surface area contributed by atoms with E-state index in [1.165, 1.54) is 0 Å². The van der Waals surface area contributed by atoms with Crippen LogP contribution in [-0.2, 0) is 16.1 Å². The zero-order valence-electron chi connectivity index (χ0n) is 10.9. The van der Waals surface area contributed by atoms with E-state index in [0.29, 0.717) is 6.42 Å². The van der Waals surface area contributed by atoms with Gasteiger partial charge in [0, 0.05) is 6.42 Å². The van der Waals surface area contributed by atoms with Gasteiger partial charge >= 0.3 is 6.09 Å². The first-order valence-corrected chi connectivity index (χ1v) is 6.29. The highest BCUT2D eigenvalue weighted by molar-refractivity contribution is 5.83. The van der Waals surface area contributed by atoms with Gasteiger partial charge in [0.2, 0.25) is 0 Å². The van der Waals surface area contributed by atoms with Crippen molar-refractivity contribution >= 4 is 11.9 Å². The van der Waals surface area contributed by atoms with Crippen molar-refractivity contribution in [2.45, 2.75) is 25.9 Å². The summed E-state index contributed by atoms with van der Waals surface area (Å²) in [7, 11) is 0. The summed E-state index contributed by atoms with van der Waals surface area (Å²) in [5.41, 5.74) is 0.912. The predicted octanol–water partition coefficient (Wildman–Crippen LogP) is 2.84. The van der Waals surface area contributed by atoms with E-state index < -0.39 is 6.09 Å². The molecule has 4 heteroatoms. The van der Waals surface area contributed by atoms with Crippen LogP contribution in [0.4, 0.5) is 4.79 Å². The second-order valence-electron chi connectivity index (χ2n) is 4.13. The third-order valence-corrected chi connectivity index (χ3v) is 2.51. The van der Waals surface area contributed by atoms with Crippen LogP contribution in [0.25, 0.3) is 0 Å². The summed E-state index contributed by atoms with van der Waals surface area (Å²) < 4.78 is 4.99. The molecule has 0 fully saturated rings. The molecule has 1 aromatic carbocycles. The van der Waals surface area contributed by atoms with Gasteiger partial charge in [0.25, 0.3) is 0 Å². The van der Waals surface area contributed by atoms with Gasteiger partial charge in [0.05, 0.1) is 6.54 Å². The summed E-state index contributed by atoms with van der Waals surface area (Å²) in [6.07, 6.45) is 3.23. The second-order valence-corrected chi connectivity index (χ2v) is 4.13. The highest BCUT2D eigenvalue weighted by Gasteiger charge is 2.06. The number of benzene rings is 1. The lowest BCUT2D eigenvalue weighted by molar-refractivity contribution is -0.118. The van der Waals surface area contributed by atoms with Crippen molar-refractivity contribution in [1.29, 1.82) is 0 Å². The molecular weight excluding hydrogens is 242 g/mol. The average Bonchev–Trinajstić information content (AvgIpc) is 2.44. The van der Waals surface area contributed by atoms with Crippen molar-refractivity contribution < 1.29 is 14.3 Å². The van der Waals surface area contributed by atoms with Crippen LogP contribution >= 0.6 is 0 Å². The maximum Gasteiger partial charge on any atom is 0.407 e. The Morgan fingerprint density at radius 3 is 2.68 bits per heavy atom. The van der Waals surface area contributed by atoms with E-state index in [2.05, 4.69) is 11.9 Å². The second kappa shape index (κ2) is 8.91. The van der Waals surface area contributed by atoms with Gasteiger partial charge in [-0.1, -0.05) is 36.4 Å². The molecule has 0 saturated carbocycles. The summed E-state index contributed by atoms with van der Waals surface area (Å²) >= 11 is 0. The number of alkyl carbamates (subject to hydrolysis) is 1. The summed E-state index contributed by atoms with van der Waals surface area (Å²) in [4.78, 5) is 22.7. The van der Waals surface area contributed by atoms with Gasteiger partial charge in [-0.3, -0.25) is 4.79 Å². The molecule has 1 N–H and O–H groups in total. The van der Waals surface area contributed by atoms with Crippen LogP contribution in [0.15, 0.2) is 43.0 Å². The van der Waals surface area contributed by atoms with E-state index in [1.807, 2.05) is 30.3 Å². The van der Waals surface area contributed by atoms with E-state index in [4.69, 9.17) is 4.74 Å². The zero-order valence-corrected chi connectivity index (χ0v) is 10.9. The van der Waals surface area contributed by atoms with Crippen LogP contribution in [0.5, 0.6) is 0 Å². The van der Waals surface area contributed by atoms with E-state index in [-0.39, 0.29) is 18.9 Å². The Balaban J connectivity index is 2.14. The minimum Gasteiger partial charge on any atom is -0.445 e. The first kappa shape index (κ1) is 15.0. The Bertz CT molecular complexity index is 415. The summed E-state index contributed by atoms with van der Waals surface area (Å²) in [5, 5.41) is 2.44. The van der Waals surface area contributed by atoms with E-state index >= 15 is 0 Å². The van der Waals surface area contributed by atoms with Crippen LogP contribution in [0.1, 0.15) is 24.8 Å². The maximum absolute atomic E-state index is 11.4. The highest BCUT2D eigenvalue weighted by atomic mass is 16.5. The fourth-order valence-electron chi connectivity index (χ4n) is 1.48. The summed E-state index contributed by atoms with van der Waals surface area (Å²) in [5.74, 6) is -0.00138. The molecule has 4 nitrogen and oxygen atoms in total. The standard InChI is InChI=1S/C15H19NO3/c1-2-3-5-10-14(17)11-16-15(18)19-12-13-8-6-4-7-9-13/h2,4,6-9H,1,3,5,10-12H2,(H,16,18). The molecule has 1 amide bonds. The number of hydrogen-bond acceptors (Lipinski definition) is 3. The van der Waals surface area contributed by atoms with Gasteiger partial charge < -0.3 is 10.1 Å². The van der Waals surface area contributed by atoms with Crippen LogP contribution in [-0.4, -0.2) is 18.4 Å². The molecule has 0 aliphatic carbocycles. The molecule has 0 aliphatic rings. The molecule has 0 aliphatic heterocycles. The predicted molar refractivity (Wildman–Crippen MR) is 73.7 cm³/mol. The van der Waals surface area contributed by atoms with Gasteiger partial charge in [-0.05, 0) is 18.4 Å². The number of Topliss-reactive ketones (excluding diaryl/α,β-unsaturated/α-hetero) is 1. The number of hydrogen-bond donors (Lipinski definition) is 1. The Morgan fingerprint density at radius 2 is 2.00 bits per heavy atom. The average molecular weight is 261 g/mol. The number of allylic oxidation sites excluding steroid dienone is 1. The Hall–Kier alpha value is -2.10. The van der Waals surface area contributed by atoms with E-state index in [9.17, 15) is 9.59 Å². The smallest absolute Gasteiger partial charge is 0.407 e. The van der Waals surface area contributed by atoms with Crippen LogP contribution in [0.2, 0.25) is 0 Å². The molecule has 1 aromatic rings. The Kier molecular flexibility index (Phi) is 7.02. The largest absolute Gasteiger partial charge is 0.445 e. The van der Waals surface area contributed by atoms with Crippen molar-refractivity contribution in [3.63, 3.8) is 0 Å². The SMILES string of the molecule is C=CCCCC(=O)CNC(=O)OCc1ccccc1. The first-order valence-electron chi connectivity index (χ1n) is 6.29. The summed E-state index contributed by atoms with van der Waals surface area (Å²) in [6.45, 7) is 3.81. The molecule has 0 spiro atoms. The molecule has 0 radical (unpaired) electrons. The number of unbranched alkanes of at least 4 members (excludes halogenated alkanes) is 1. The van der Waals surface area contributed by atoms with Crippen molar-refractivity contribution in [2.75, 3.05) is 6.54 Å². The number of carbonyl (C=O) groups is 2. The minimum atomic E-state index is -0.569. The van der Waals surface area contributed by atoms with E-state index in [0.717, 1.165) is 18.4 Å². The Labute approximate surface area is 113 Å². The van der Waals surface area contributed by atoms with Gasteiger partial charge in [-0.2, -0.15) is 0 Å². The van der Waals surface area contributed by atoms with E-state index in [1.54, 1.807) is 6.08 Å². The van der Waals surface area contributed by atoms with Gasteiger partial charge in [-0.15, -0.1) is 6.58 Å². The molecule has 0 atom stereocenters. The van der Waals surface area contributed by atoms with Crippen LogP contribution < -0.4 is 5.32 Å². The van der Waals surface area contributed by atoms with Crippen LogP contribution in [0, 0.1) is 0 Å². The summed E-state index contributed by atoms with van der Waals surface area (Å²) in [6, 6.07) is 9.38. The third kappa shape index (κ3) is 7.03. The molecule has 0 saturated heterocycles. The fourth-order valence-corrected chi connectivity index (χ4v) is 1.48. The third-order valence-electron chi connectivity index (χ3n) is 2.51. The molecular formula is C15H19NO3. The molecule has 19 heavy (non-hydrogen) atoms. The topological polar surface area (TPSA) is 55.4 Å². The lowest BCUT2D eigenvalue weighted by Gasteiger charge is -2.06. The molecule has 0 bridgehead atoms. The first-order chi connectivity index (χ1) is 9.22. The minimum absolute atomic E-state index is 0.00138. The molecule has 0 heterocycles. The maximum atomic E-state index is 11.4. The van der Waals surface area contributed by atoms with Gasteiger partial charge in [0.1, 0.15) is 6.61 Å². The number of nitrogens with one attached hydrogen (secondary N) is 1. The number of amides is 1. The van der Waals surface area contributed by atoms with Gasteiger partial charge in [0.15, 0.2) is 5.78 Å². The number of rotatable bonds is 8. The molecule has 0 aromatic heterocycles. The van der Waals surface area contributed by atoms with Gasteiger partial charge in [-0.25, -0.2) is 4.79 Å². The van der Waals surface area contributed by atoms with Crippen molar-refractivity contribution in [3.05, 3.63) is 48.6 Å². The molecule has 102 valence electrons. The van der Waals surface area contributed by atoms with Crippen molar-refractivity contribution in [2.24, 2.45) is 0 Å². The normalized spacial score (nSPS) is 9.68. The molecule has 1 rings (SSSR count). The lowest BCUT2D eigenvalue weighted by atomic mass is 10.2. The number of ether oxygens (including phenoxy) is 1. The quantitative estimate of drug-likeness (QED) is 0.578. The number of ketones is 1.